The standard InChI is InChI=1S/C27H30N4O3S/c1-17(29-26(33)25-13-28-27(35-25)30-18(2)32)20-5-7-21(8-6-20)22-14-31(15-22)23-9-11-24(12-10-23)34-16-19-3-4-19/h5-13,17,19,22H,3-4,14-16H2,1-2H3,(H,29,33)(H,28,30,32). The largest absolute Gasteiger partial charge is 0.493 e. The van der Waals surface area contributed by atoms with Gasteiger partial charge in [-0.1, -0.05) is 35.6 Å². The molecule has 1 aliphatic heterocycles. The van der Waals surface area contributed by atoms with Crippen LogP contribution in [0.25, 0.3) is 0 Å². The molecule has 2 amide bonds. The number of nitrogens with one attached hydrogen (secondary N) is 2. The van der Waals surface area contributed by atoms with Crippen molar-refractivity contribution in [1.29, 1.82) is 0 Å². The van der Waals surface area contributed by atoms with Crippen LogP contribution in [0.5, 0.6) is 5.75 Å². The Hall–Kier alpha value is -3.39. The summed E-state index contributed by atoms with van der Waals surface area (Å²) in [5.41, 5.74) is 3.60. The number of benzene rings is 2. The predicted molar refractivity (Wildman–Crippen MR) is 138 cm³/mol. The fourth-order valence-corrected chi connectivity index (χ4v) is 4.91. The monoisotopic (exact) mass is 490 g/mol. The molecule has 1 saturated carbocycles. The van der Waals surface area contributed by atoms with Gasteiger partial charge in [0.2, 0.25) is 5.91 Å². The first-order valence-electron chi connectivity index (χ1n) is 12.1. The van der Waals surface area contributed by atoms with Crippen LogP contribution >= 0.6 is 11.3 Å². The van der Waals surface area contributed by atoms with Crippen LogP contribution in [-0.4, -0.2) is 36.5 Å². The molecule has 8 heteroatoms. The van der Waals surface area contributed by atoms with Gasteiger partial charge in [-0.2, -0.15) is 0 Å². The summed E-state index contributed by atoms with van der Waals surface area (Å²) in [6.07, 6.45) is 4.09. The Morgan fingerprint density at radius 1 is 1.11 bits per heavy atom. The number of hydrogen-bond donors (Lipinski definition) is 2. The Bertz CT molecular complexity index is 1180. The maximum Gasteiger partial charge on any atom is 0.263 e. The van der Waals surface area contributed by atoms with Gasteiger partial charge in [0.1, 0.15) is 10.6 Å². The zero-order valence-electron chi connectivity index (χ0n) is 20.0. The fraction of sp³-hybridized carbons (Fsp3) is 0.370. The molecule has 35 heavy (non-hydrogen) atoms. The summed E-state index contributed by atoms with van der Waals surface area (Å²) in [5.74, 6) is 1.82. The molecule has 1 aliphatic carbocycles. The summed E-state index contributed by atoms with van der Waals surface area (Å²) < 4.78 is 5.84. The van der Waals surface area contributed by atoms with E-state index in [4.69, 9.17) is 4.74 Å². The van der Waals surface area contributed by atoms with Gasteiger partial charge < -0.3 is 20.3 Å². The minimum absolute atomic E-state index is 0.138. The summed E-state index contributed by atoms with van der Waals surface area (Å²) in [4.78, 5) is 30.6. The first-order chi connectivity index (χ1) is 16.9. The van der Waals surface area contributed by atoms with Crippen molar-refractivity contribution >= 4 is 34.0 Å². The number of carbonyl (C=O) groups is 2. The van der Waals surface area contributed by atoms with E-state index < -0.39 is 0 Å². The molecular formula is C27H30N4O3S. The number of aromatic nitrogens is 1. The molecule has 2 aliphatic rings. The Labute approximate surface area is 209 Å². The third kappa shape index (κ3) is 5.82. The van der Waals surface area contributed by atoms with Gasteiger partial charge in [0.05, 0.1) is 18.8 Å². The van der Waals surface area contributed by atoms with E-state index in [1.165, 1.54) is 37.2 Å². The third-order valence-corrected chi connectivity index (χ3v) is 7.45. The van der Waals surface area contributed by atoms with E-state index in [9.17, 15) is 9.59 Å². The van der Waals surface area contributed by atoms with Crippen LogP contribution in [0.2, 0.25) is 0 Å². The van der Waals surface area contributed by atoms with Gasteiger partial charge in [0.15, 0.2) is 5.13 Å². The summed E-state index contributed by atoms with van der Waals surface area (Å²) in [7, 11) is 0. The number of thiazole rings is 1. The molecule has 1 saturated heterocycles. The molecule has 5 rings (SSSR count). The highest BCUT2D eigenvalue weighted by atomic mass is 32.1. The van der Waals surface area contributed by atoms with Crippen molar-refractivity contribution in [2.24, 2.45) is 5.92 Å². The van der Waals surface area contributed by atoms with Crippen molar-refractivity contribution in [3.05, 3.63) is 70.7 Å². The molecule has 2 aromatic carbocycles. The van der Waals surface area contributed by atoms with E-state index in [2.05, 4.69) is 69.0 Å². The summed E-state index contributed by atoms with van der Waals surface area (Å²) >= 11 is 1.16. The SMILES string of the molecule is CC(=O)Nc1ncc(C(=O)NC(C)c2ccc(C3CN(c4ccc(OCC5CC5)cc4)C3)cc2)s1. The molecule has 7 nitrogen and oxygen atoms in total. The van der Waals surface area contributed by atoms with Crippen LogP contribution in [-0.2, 0) is 4.79 Å². The molecule has 1 unspecified atom stereocenters. The van der Waals surface area contributed by atoms with E-state index in [1.54, 1.807) is 0 Å². The second kappa shape index (κ2) is 10.1. The van der Waals surface area contributed by atoms with Gasteiger partial charge >= 0.3 is 0 Å². The van der Waals surface area contributed by atoms with Crippen LogP contribution in [0, 0.1) is 5.92 Å². The summed E-state index contributed by atoms with van der Waals surface area (Å²) in [5, 5.41) is 6.03. The summed E-state index contributed by atoms with van der Waals surface area (Å²) in [6, 6.07) is 16.8. The topological polar surface area (TPSA) is 83.6 Å². The second-order valence-electron chi connectivity index (χ2n) is 9.42. The highest BCUT2D eigenvalue weighted by Crippen LogP contribution is 2.34. The first-order valence-corrected chi connectivity index (χ1v) is 12.9. The second-order valence-corrected chi connectivity index (χ2v) is 10.5. The van der Waals surface area contributed by atoms with Crippen LogP contribution in [0.1, 0.15) is 59.4 Å². The van der Waals surface area contributed by atoms with Crippen LogP contribution in [0.4, 0.5) is 10.8 Å². The summed E-state index contributed by atoms with van der Waals surface area (Å²) in [6.45, 7) is 6.21. The van der Waals surface area contributed by atoms with E-state index >= 15 is 0 Å². The maximum absolute atomic E-state index is 12.6. The first kappa shape index (κ1) is 23.4. The number of nitrogens with zero attached hydrogens (tertiary/aromatic N) is 2. The van der Waals surface area contributed by atoms with Crippen molar-refractivity contribution in [2.45, 2.75) is 38.6 Å². The van der Waals surface area contributed by atoms with Crippen molar-refractivity contribution in [1.82, 2.24) is 10.3 Å². The third-order valence-electron chi connectivity index (χ3n) is 6.53. The number of carbonyl (C=O) groups excluding carboxylic acids is 2. The van der Waals surface area contributed by atoms with Crippen molar-refractivity contribution in [2.75, 3.05) is 29.9 Å². The number of rotatable bonds is 9. The average Bonchev–Trinajstić information content (AvgIpc) is 3.54. The molecule has 182 valence electrons. The Kier molecular flexibility index (Phi) is 6.72. The van der Waals surface area contributed by atoms with Crippen molar-refractivity contribution in [3.63, 3.8) is 0 Å². The van der Waals surface area contributed by atoms with Gasteiger partial charge in [-0.15, -0.1) is 0 Å². The highest BCUT2D eigenvalue weighted by molar-refractivity contribution is 7.17. The van der Waals surface area contributed by atoms with Crippen LogP contribution < -0.4 is 20.3 Å². The molecule has 2 N–H and O–H groups in total. The molecular weight excluding hydrogens is 460 g/mol. The molecule has 3 aromatic rings. The number of amides is 2. The predicted octanol–water partition coefficient (Wildman–Crippen LogP) is 4.99. The maximum atomic E-state index is 12.6. The minimum Gasteiger partial charge on any atom is -0.493 e. The lowest BCUT2D eigenvalue weighted by atomic mass is 9.90. The quantitative estimate of drug-likeness (QED) is 0.442. The minimum atomic E-state index is -0.207. The molecule has 0 bridgehead atoms. The fourth-order valence-electron chi connectivity index (χ4n) is 4.15. The van der Waals surface area contributed by atoms with Crippen LogP contribution in [0.15, 0.2) is 54.7 Å². The molecule has 0 spiro atoms. The Morgan fingerprint density at radius 2 is 1.83 bits per heavy atom. The highest BCUT2D eigenvalue weighted by Gasteiger charge is 2.28. The van der Waals surface area contributed by atoms with E-state index in [0.717, 1.165) is 48.3 Å². The molecule has 0 radical (unpaired) electrons. The van der Waals surface area contributed by atoms with Crippen LogP contribution in [0.3, 0.4) is 0 Å². The van der Waals surface area contributed by atoms with Gasteiger partial charge in [-0.05, 0) is 61.1 Å². The number of hydrogen-bond acceptors (Lipinski definition) is 6. The van der Waals surface area contributed by atoms with Gasteiger partial charge in [-0.25, -0.2) is 4.98 Å². The zero-order valence-corrected chi connectivity index (χ0v) is 20.8. The van der Waals surface area contributed by atoms with Crippen molar-refractivity contribution < 1.29 is 14.3 Å². The zero-order chi connectivity index (χ0) is 24.4. The smallest absolute Gasteiger partial charge is 0.263 e. The molecule has 1 atom stereocenters. The molecule has 2 fully saturated rings. The number of ether oxygens (including phenoxy) is 1. The lowest BCUT2D eigenvalue weighted by molar-refractivity contribution is -0.114. The average molecular weight is 491 g/mol. The van der Waals surface area contributed by atoms with E-state index in [-0.39, 0.29) is 17.9 Å². The van der Waals surface area contributed by atoms with Gasteiger partial charge in [-0.3, -0.25) is 9.59 Å². The normalized spacial score (nSPS) is 16.3. The lowest BCUT2D eigenvalue weighted by Gasteiger charge is -2.41. The Morgan fingerprint density at radius 3 is 2.49 bits per heavy atom. The van der Waals surface area contributed by atoms with Gasteiger partial charge in [0.25, 0.3) is 5.91 Å². The van der Waals surface area contributed by atoms with Crippen molar-refractivity contribution in [3.8, 4) is 5.75 Å². The molecule has 2 heterocycles. The Balaban J connectivity index is 1.10. The van der Waals surface area contributed by atoms with Gasteiger partial charge in [0, 0.05) is 31.6 Å². The number of anilines is 2. The van der Waals surface area contributed by atoms with E-state index in [0.29, 0.717) is 15.9 Å². The molecule has 1 aromatic heterocycles. The lowest BCUT2D eigenvalue weighted by Crippen LogP contribution is -2.45. The van der Waals surface area contributed by atoms with E-state index in [1.807, 2.05) is 6.92 Å².